The molecule has 0 aliphatic rings. The van der Waals surface area contributed by atoms with Crippen LogP contribution < -0.4 is 5.73 Å². The first-order valence-corrected chi connectivity index (χ1v) is 8.49. The van der Waals surface area contributed by atoms with Crippen LogP contribution in [0.4, 0.5) is 5.82 Å². The summed E-state index contributed by atoms with van der Waals surface area (Å²) in [5.74, 6) is 0.872. The molecular weight excluding hydrogens is 449 g/mol. The van der Waals surface area contributed by atoms with Crippen LogP contribution in [0.15, 0.2) is 25.8 Å². The number of thiophene rings is 1. The number of hydrogen-bond donors (Lipinski definition) is 1. The molecule has 8 heteroatoms. The molecule has 0 saturated carbocycles. The molecule has 0 spiro atoms. The number of fused-ring (bicyclic) bond motifs is 1. The fourth-order valence-electron chi connectivity index (χ4n) is 1.79. The van der Waals surface area contributed by atoms with Crippen LogP contribution in [-0.2, 0) is 0 Å². The van der Waals surface area contributed by atoms with Gasteiger partial charge in [0.1, 0.15) is 5.82 Å². The fourth-order valence-corrected chi connectivity index (χ4v) is 5.12. The second-order valence-corrected chi connectivity index (χ2v) is 8.55. The Kier molecular flexibility index (Phi) is 3.94. The van der Waals surface area contributed by atoms with Gasteiger partial charge < -0.3 is 5.73 Å². The van der Waals surface area contributed by atoms with E-state index >= 15 is 0 Å². The number of nitrogens with two attached hydrogens (primary N) is 1. The Morgan fingerprint density at radius 3 is 2.50 bits per heavy atom. The minimum Gasteiger partial charge on any atom is -0.383 e. The zero-order chi connectivity index (χ0) is 14.4. The van der Waals surface area contributed by atoms with Gasteiger partial charge in [0.2, 0.25) is 0 Å². The topological polar surface area (TPSA) is 51.8 Å². The number of rotatable bonds is 1. The summed E-state index contributed by atoms with van der Waals surface area (Å²) in [5, 5.41) is 1.61. The second kappa shape index (κ2) is 5.42. The maximum Gasteiger partial charge on any atom is 0.164 e. The molecule has 2 aromatic heterocycles. The summed E-state index contributed by atoms with van der Waals surface area (Å²) in [7, 11) is 0. The summed E-state index contributed by atoms with van der Waals surface area (Å²) in [6.07, 6.45) is 0. The van der Waals surface area contributed by atoms with Gasteiger partial charge in [0, 0.05) is 16.0 Å². The van der Waals surface area contributed by atoms with Crippen molar-refractivity contribution in [1.29, 1.82) is 0 Å². The molecule has 0 fully saturated rings. The predicted octanol–water partition coefficient (Wildman–Crippen LogP) is 5.77. The van der Waals surface area contributed by atoms with E-state index in [0.29, 0.717) is 32.6 Å². The van der Waals surface area contributed by atoms with Gasteiger partial charge in [-0.2, -0.15) is 0 Å². The van der Waals surface area contributed by atoms with E-state index < -0.39 is 0 Å². The van der Waals surface area contributed by atoms with E-state index in [2.05, 4.69) is 41.8 Å². The highest BCUT2D eigenvalue weighted by Gasteiger charge is 2.15. The zero-order valence-electron chi connectivity index (χ0n) is 9.62. The monoisotopic (exact) mass is 451 g/mol. The number of nitrogen functional groups attached to an aromatic ring is 1. The fraction of sp³-hybridized carbons (Fsp3) is 0. The first-order valence-electron chi connectivity index (χ1n) is 5.33. The summed E-state index contributed by atoms with van der Waals surface area (Å²) in [4.78, 5) is 8.83. The lowest BCUT2D eigenvalue weighted by Gasteiger charge is -2.07. The molecule has 20 heavy (non-hydrogen) atoms. The quantitative estimate of drug-likeness (QED) is 0.508. The van der Waals surface area contributed by atoms with Crippen molar-refractivity contribution >= 4 is 83.1 Å². The van der Waals surface area contributed by atoms with Gasteiger partial charge in [-0.3, -0.25) is 0 Å². The van der Waals surface area contributed by atoms with Gasteiger partial charge in [-0.1, -0.05) is 23.2 Å². The van der Waals surface area contributed by atoms with Crippen molar-refractivity contribution in [2.75, 3.05) is 5.73 Å². The highest BCUT2D eigenvalue weighted by atomic mass is 79.9. The van der Waals surface area contributed by atoms with Crippen LogP contribution in [0.3, 0.4) is 0 Å². The Balaban J connectivity index is 2.32. The van der Waals surface area contributed by atoms with Crippen LogP contribution in [0.5, 0.6) is 0 Å². The van der Waals surface area contributed by atoms with Crippen molar-refractivity contribution < 1.29 is 0 Å². The number of nitrogens with zero attached hydrogens (tertiary/aromatic N) is 2. The molecule has 3 rings (SSSR count). The highest BCUT2D eigenvalue weighted by molar-refractivity contribution is 9.12. The molecular formula is C12H5Br2Cl2N3S. The molecule has 2 N–H and O–H groups in total. The van der Waals surface area contributed by atoms with Crippen molar-refractivity contribution in [2.24, 2.45) is 0 Å². The minimum absolute atomic E-state index is 0.351. The smallest absolute Gasteiger partial charge is 0.164 e. The SMILES string of the molecule is Nc1nc(-c2cc(Br)sc2Br)nc2c(Cl)cc(Cl)cc12. The van der Waals surface area contributed by atoms with Gasteiger partial charge in [-0.25, -0.2) is 9.97 Å². The van der Waals surface area contributed by atoms with E-state index in [1.807, 2.05) is 6.07 Å². The van der Waals surface area contributed by atoms with Gasteiger partial charge in [0.05, 0.1) is 18.1 Å². The average Bonchev–Trinajstić information content (AvgIpc) is 2.69. The number of aromatic nitrogens is 2. The third-order valence-corrected chi connectivity index (χ3v) is 5.49. The van der Waals surface area contributed by atoms with Crippen molar-refractivity contribution in [3.63, 3.8) is 0 Å². The summed E-state index contributed by atoms with van der Waals surface area (Å²) >= 11 is 20.6. The Labute approximate surface area is 145 Å². The summed E-state index contributed by atoms with van der Waals surface area (Å²) in [6, 6.07) is 5.28. The molecule has 0 atom stereocenters. The lowest BCUT2D eigenvalue weighted by Crippen LogP contribution is -1.98. The molecule has 0 bridgehead atoms. The average molecular weight is 454 g/mol. The lowest BCUT2D eigenvalue weighted by molar-refractivity contribution is 1.24. The van der Waals surface area contributed by atoms with E-state index in [9.17, 15) is 0 Å². The maximum absolute atomic E-state index is 6.19. The van der Waals surface area contributed by atoms with E-state index in [4.69, 9.17) is 28.9 Å². The molecule has 0 aliphatic heterocycles. The molecule has 3 aromatic rings. The Morgan fingerprint density at radius 1 is 1.10 bits per heavy atom. The molecule has 0 unspecified atom stereocenters. The van der Waals surface area contributed by atoms with E-state index in [0.717, 1.165) is 13.1 Å². The number of halogens is 4. The molecule has 0 aliphatic carbocycles. The van der Waals surface area contributed by atoms with Crippen LogP contribution in [0.2, 0.25) is 10.0 Å². The van der Waals surface area contributed by atoms with Crippen LogP contribution in [0.1, 0.15) is 0 Å². The van der Waals surface area contributed by atoms with Gasteiger partial charge in [0.15, 0.2) is 5.82 Å². The first-order chi connectivity index (χ1) is 9.45. The molecule has 0 saturated heterocycles. The molecule has 0 radical (unpaired) electrons. The third kappa shape index (κ3) is 2.55. The van der Waals surface area contributed by atoms with Crippen molar-refractivity contribution in [3.05, 3.63) is 35.8 Å². The van der Waals surface area contributed by atoms with Crippen LogP contribution in [0, 0.1) is 0 Å². The standard InChI is InChI=1S/C12H5Br2Cl2N3S/c13-8-3-6(10(14)20-8)12-18-9-5(11(17)19-12)1-4(15)2-7(9)16/h1-3H,(H2,17,18,19). The molecule has 0 amide bonds. The van der Waals surface area contributed by atoms with E-state index in [-0.39, 0.29) is 0 Å². The normalized spacial score (nSPS) is 11.2. The number of hydrogen-bond acceptors (Lipinski definition) is 4. The summed E-state index contributed by atoms with van der Waals surface area (Å²) < 4.78 is 1.90. The molecule has 2 heterocycles. The maximum atomic E-state index is 6.19. The van der Waals surface area contributed by atoms with Crippen molar-refractivity contribution in [1.82, 2.24) is 9.97 Å². The van der Waals surface area contributed by atoms with Gasteiger partial charge >= 0.3 is 0 Å². The van der Waals surface area contributed by atoms with Crippen molar-refractivity contribution in [2.45, 2.75) is 0 Å². The summed E-state index contributed by atoms with van der Waals surface area (Å²) in [5.41, 5.74) is 7.45. The number of benzene rings is 1. The van der Waals surface area contributed by atoms with Crippen LogP contribution in [-0.4, -0.2) is 9.97 Å². The first kappa shape index (κ1) is 14.5. The highest BCUT2D eigenvalue weighted by Crippen LogP contribution is 2.39. The van der Waals surface area contributed by atoms with Gasteiger partial charge in [-0.05, 0) is 50.1 Å². The molecule has 3 nitrogen and oxygen atoms in total. The van der Waals surface area contributed by atoms with E-state index in [1.54, 1.807) is 23.5 Å². The second-order valence-electron chi connectivity index (χ2n) is 3.95. The lowest BCUT2D eigenvalue weighted by atomic mass is 10.2. The third-order valence-electron chi connectivity index (χ3n) is 2.65. The minimum atomic E-state index is 0.351. The van der Waals surface area contributed by atoms with Crippen molar-refractivity contribution in [3.8, 4) is 11.4 Å². The van der Waals surface area contributed by atoms with Crippen LogP contribution >= 0.6 is 66.4 Å². The molecule has 1 aromatic carbocycles. The zero-order valence-corrected chi connectivity index (χ0v) is 15.1. The Bertz CT molecular complexity index is 835. The predicted molar refractivity (Wildman–Crippen MR) is 92.7 cm³/mol. The van der Waals surface area contributed by atoms with Crippen LogP contribution in [0.25, 0.3) is 22.3 Å². The van der Waals surface area contributed by atoms with Gasteiger partial charge in [0.25, 0.3) is 0 Å². The Hall–Kier alpha value is -0.400. The van der Waals surface area contributed by atoms with Gasteiger partial charge in [-0.15, -0.1) is 11.3 Å². The summed E-state index contributed by atoms with van der Waals surface area (Å²) in [6.45, 7) is 0. The largest absolute Gasteiger partial charge is 0.383 e. The Morgan fingerprint density at radius 2 is 1.85 bits per heavy atom. The number of anilines is 1. The van der Waals surface area contributed by atoms with E-state index in [1.165, 1.54) is 0 Å². The molecule has 102 valence electrons.